The Bertz CT molecular complexity index is 654. The van der Waals surface area contributed by atoms with Crippen molar-refractivity contribution in [2.45, 2.75) is 9.79 Å². The lowest BCUT2D eigenvalue weighted by atomic mass is 10.3. The van der Waals surface area contributed by atoms with E-state index >= 15 is 0 Å². The molecule has 0 unspecified atom stereocenters. The fourth-order valence-corrected chi connectivity index (χ4v) is 2.57. The summed E-state index contributed by atoms with van der Waals surface area (Å²) in [7, 11) is -3.69. The van der Waals surface area contributed by atoms with Crippen LogP contribution in [0, 0.1) is 0 Å². The van der Waals surface area contributed by atoms with Crippen LogP contribution in [0.15, 0.2) is 46.5 Å². The van der Waals surface area contributed by atoms with Crippen molar-refractivity contribution in [2.75, 3.05) is 16.7 Å². The third-order valence-corrected chi connectivity index (χ3v) is 4.31. The molecule has 0 radical (unpaired) electrons. The normalized spacial score (nSPS) is 11.2. The SMILES string of the molecule is CSc1cnc(NS(=O)(=O)c2ccc(N)cc2)nc1. The first kappa shape index (κ1) is 13.6. The average molecular weight is 296 g/mol. The lowest BCUT2D eigenvalue weighted by Crippen LogP contribution is -2.14. The molecule has 0 aliphatic carbocycles. The molecule has 0 saturated heterocycles. The zero-order valence-electron chi connectivity index (χ0n) is 10.1. The smallest absolute Gasteiger partial charge is 0.264 e. The number of benzene rings is 1. The van der Waals surface area contributed by atoms with Gasteiger partial charge in [0.15, 0.2) is 0 Å². The number of thioether (sulfide) groups is 1. The fraction of sp³-hybridized carbons (Fsp3) is 0.0909. The van der Waals surface area contributed by atoms with Crippen molar-refractivity contribution in [3.05, 3.63) is 36.7 Å². The molecule has 0 fully saturated rings. The molecular formula is C11H12N4O2S2. The second kappa shape index (κ2) is 5.45. The summed E-state index contributed by atoms with van der Waals surface area (Å²) in [6, 6.07) is 5.89. The maximum atomic E-state index is 12.0. The van der Waals surface area contributed by atoms with E-state index in [-0.39, 0.29) is 10.8 Å². The minimum atomic E-state index is -3.69. The van der Waals surface area contributed by atoms with Gasteiger partial charge in [-0.05, 0) is 30.5 Å². The topological polar surface area (TPSA) is 98.0 Å². The number of sulfonamides is 1. The molecule has 8 heteroatoms. The zero-order chi connectivity index (χ0) is 13.9. The Hall–Kier alpha value is -1.80. The molecule has 1 aromatic heterocycles. The highest BCUT2D eigenvalue weighted by molar-refractivity contribution is 7.98. The van der Waals surface area contributed by atoms with E-state index in [9.17, 15) is 8.42 Å². The van der Waals surface area contributed by atoms with Gasteiger partial charge in [-0.25, -0.2) is 23.1 Å². The molecule has 1 aromatic carbocycles. The second-order valence-corrected chi connectivity index (χ2v) is 6.18. The third-order valence-electron chi connectivity index (χ3n) is 2.28. The number of nitrogens with zero attached hydrogens (tertiary/aromatic N) is 2. The maximum absolute atomic E-state index is 12.0. The Morgan fingerprint density at radius 3 is 2.26 bits per heavy atom. The summed E-state index contributed by atoms with van der Waals surface area (Å²) in [5.41, 5.74) is 6.01. The molecule has 2 aromatic rings. The molecular weight excluding hydrogens is 284 g/mol. The number of anilines is 2. The van der Waals surface area contributed by atoms with Gasteiger partial charge in [0.05, 0.1) is 4.90 Å². The predicted octanol–water partition coefficient (Wildman–Crippen LogP) is 1.58. The van der Waals surface area contributed by atoms with E-state index in [1.165, 1.54) is 36.0 Å². The van der Waals surface area contributed by atoms with E-state index in [1.807, 2.05) is 6.26 Å². The van der Waals surface area contributed by atoms with E-state index < -0.39 is 10.0 Å². The first-order chi connectivity index (χ1) is 9.01. The number of hydrogen-bond donors (Lipinski definition) is 2. The van der Waals surface area contributed by atoms with E-state index in [1.54, 1.807) is 12.4 Å². The predicted molar refractivity (Wildman–Crippen MR) is 75.5 cm³/mol. The highest BCUT2D eigenvalue weighted by Crippen LogP contribution is 2.16. The van der Waals surface area contributed by atoms with Crippen LogP contribution in [0.25, 0.3) is 0 Å². The summed E-state index contributed by atoms with van der Waals surface area (Å²) in [6.07, 6.45) is 4.99. The fourth-order valence-electron chi connectivity index (χ4n) is 1.30. The van der Waals surface area contributed by atoms with Gasteiger partial charge in [0.25, 0.3) is 10.0 Å². The van der Waals surface area contributed by atoms with Gasteiger partial charge in [-0.1, -0.05) is 0 Å². The van der Waals surface area contributed by atoms with E-state index in [4.69, 9.17) is 5.73 Å². The monoisotopic (exact) mass is 296 g/mol. The second-order valence-electron chi connectivity index (χ2n) is 3.62. The molecule has 0 aliphatic heterocycles. The van der Waals surface area contributed by atoms with Crippen LogP contribution in [0.1, 0.15) is 0 Å². The first-order valence-electron chi connectivity index (χ1n) is 5.25. The van der Waals surface area contributed by atoms with Crippen molar-refractivity contribution in [1.82, 2.24) is 9.97 Å². The van der Waals surface area contributed by atoms with Crippen molar-refractivity contribution in [3.63, 3.8) is 0 Å². The van der Waals surface area contributed by atoms with E-state index in [0.717, 1.165) is 4.90 Å². The summed E-state index contributed by atoms with van der Waals surface area (Å²) < 4.78 is 26.4. The standard InChI is InChI=1S/C11H12N4O2S2/c1-18-9-6-13-11(14-7-9)15-19(16,17)10-4-2-8(12)3-5-10/h2-7H,12H2,1H3,(H,13,14,15). The molecule has 0 atom stereocenters. The number of nitrogens with one attached hydrogen (secondary N) is 1. The van der Waals surface area contributed by atoms with Crippen LogP contribution < -0.4 is 10.5 Å². The minimum Gasteiger partial charge on any atom is -0.399 e. The van der Waals surface area contributed by atoms with Gasteiger partial charge in [-0.2, -0.15) is 0 Å². The Labute approximate surface area is 115 Å². The summed E-state index contributed by atoms with van der Waals surface area (Å²) in [5.74, 6) is 0.0367. The molecule has 100 valence electrons. The van der Waals surface area contributed by atoms with Crippen LogP contribution >= 0.6 is 11.8 Å². The number of nitrogens with two attached hydrogens (primary N) is 1. The molecule has 0 saturated carbocycles. The Morgan fingerprint density at radius 1 is 1.16 bits per heavy atom. The van der Waals surface area contributed by atoms with Gasteiger partial charge in [0.2, 0.25) is 5.95 Å². The number of aromatic nitrogens is 2. The van der Waals surface area contributed by atoms with Crippen LogP contribution in [0.2, 0.25) is 0 Å². The molecule has 0 amide bonds. The molecule has 6 nitrogen and oxygen atoms in total. The van der Waals surface area contributed by atoms with Gasteiger partial charge in [0, 0.05) is 23.0 Å². The highest BCUT2D eigenvalue weighted by Gasteiger charge is 2.15. The van der Waals surface area contributed by atoms with Gasteiger partial charge in [0.1, 0.15) is 0 Å². The maximum Gasteiger partial charge on any atom is 0.264 e. The van der Waals surface area contributed by atoms with Crippen molar-refractivity contribution < 1.29 is 8.42 Å². The van der Waals surface area contributed by atoms with Crippen LogP contribution in [0.4, 0.5) is 11.6 Å². The van der Waals surface area contributed by atoms with Gasteiger partial charge in [-0.15, -0.1) is 11.8 Å². The Balaban J connectivity index is 2.23. The lowest BCUT2D eigenvalue weighted by Gasteiger charge is -2.06. The van der Waals surface area contributed by atoms with Crippen molar-refractivity contribution in [3.8, 4) is 0 Å². The van der Waals surface area contributed by atoms with Gasteiger partial charge >= 0.3 is 0 Å². The van der Waals surface area contributed by atoms with Crippen LogP contribution in [-0.2, 0) is 10.0 Å². The van der Waals surface area contributed by atoms with Crippen molar-refractivity contribution in [2.24, 2.45) is 0 Å². The first-order valence-corrected chi connectivity index (χ1v) is 7.96. The van der Waals surface area contributed by atoms with Crippen LogP contribution in [0.5, 0.6) is 0 Å². The van der Waals surface area contributed by atoms with Crippen molar-refractivity contribution in [1.29, 1.82) is 0 Å². The van der Waals surface area contributed by atoms with Crippen LogP contribution in [0.3, 0.4) is 0 Å². The molecule has 1 heterocycles. The number of rotatable bonds is 4. The summed E-state index contributed by atoms with van der Waals surface area (Å²) in [4.78, 5) is 8.83. The van der Waals surface area contributed by atoms with E-state index in [2.05, 4.69) is 14.7 Å². The molecule has 0 bridgehead atoms. The minimum absolute atomic E-state index is 0.0367. The average Bonchev–Trinajstić information content (AvgIpc) is 2.40. The largest absolute Gasteiger partial charge is 0.399 e. The van der Waals surface area contributed by atoms with Gasteiger partial charge < -0.3 is 5.73 Å². The number of hydrogen-bond acceptors (Lipinski definition) is 6. The Morgan fingerprint density at radius 2 is 1.74 bits per heavy atom. The summed E-state index contributed by atoms with van der Waals surface area (Å²) in [6.45, 7) is 0. The molecule has 19 heavy (non-hydrogen) atoms. The lowest BCUT2D eigenvalue weighted by molar-refractivity contribution is 0.601. The molecule has 3 N–H and O–H groups in total. The van der Waals surface area contributed by atoms with Gasteiger partial charge in [-0.3, -0.25) is 0 Å². The highest BCUT2D eigenvalue weighted by atomic mass is 32.2. The molecule has 0 aliphatic rings. The summed E-state index contributed by atoms with van der Waals surface area (Å²) >= 11 is 1.48. The Kier molecular flexibility index (Phi) is 3.91. The van der Waals surface area contributed by atoms with E-state index in [0.29, 0.717) is 5.69 Å². The zero-order valence-corrected chi connectivity index (χ0v) is 11.7. The number of nitrogen functional groups attached to an aromatic ring is 1. The van der Waals surface area contributed by atoms with Crippen LogP contribution in [-0.4, -0.2) is 24.6 Å². The summed E-state index contributed by atoms with van der Waals surface area (Å²) in [5, 5.41) is 0. The molecule has 2 rings (SSSR count). The molecule has 0 spiro atoms. The third kappa shape index (κ3) is 3.36. The van der Waals surface area contributed by atoms with Crippen molar-refractivity contribution >= 4 is 33.4 Å². The quantitative estimate of drug-likeness (QED) is 0.656.